The number of hydrogen-bond donors (Lipinski definition) is 0. The van der Waals surface area contributed by atoms with E-state index >= 15 is 0 Å². The number of piperazine rings is 1. The molecule has 3 aliphatic rings. The first-order valence-corrected chi connectivity index (χ1v) is 9.66. The summed E-state index contributed by atoms with van der Waals surface area (Å²) in [7, 11) is 0. The van der Waals surface area contributed by atoms with Crippen LogP contribution in [0.3, 0.4) is 0 Å². The molecular weight excluding hydrogens is 316 g/mol. The zero-order valence-corrected chi connectivity index (χ0v) is 14.9. The van der Waals surface area contributed by atoms with Crippen molar-refractivity contribution in [1.29, 1.82) is 0 Å². The van der Waals surface area contributed by atoms with Crippen LogP contribution in [-0.2, 0) is 11.3 Å². The number of carbonyl (C=O) groups is 1. The topological polar surface area (TPSA) is 42.0 Å². The van der Waals surface area contributed by atoms with Gasteiger partial charge in [0.2, 0.25) is 12.7 Å². The lowest BCUT2D eigenvalue weighted by atomic mass is 10.0. The molecule has 0 aromatic heterocycles. The molecule has 0 N–H and O–H groups in total. The number of nitrogens with zero attached hydrogens (tertiary/aromatic N) is 2. The van der Waals surface area contributed by atoms with Crippen molar-refractivity contribution < 1.29 is 14.3 Å². The molecule has 0 spiro atoms. The van der Waals surface area contributed by atoms with Crippen LogP contribution in [0, 0.1) is 5.92 Å². The molecule has 5 heteroatoms. The second kappa shape index (κ2) is 7.65. The quantitative estimate of drug-likeness (QED) is 0.823. The van der Waals surface area contributed by atoms with E-state index in [1.165, 1.54) is 31.2 Å². The monoisotopic (exact) mass is 344 g/mol. The summed E-state index contributed by atoms with van der Waals surface area (Å²) >= 11 is 0. The van der Waals surface area contributed by atoms with E-state index in [1.54, 1.807) is 0 Å². The molecule has 1 amide bonds. The first-order chi connectivity index (χ1) is 12.3. The van der Waals surface area contributed by atoms with Crippen LogP contribution in [0.2, 0.25) is 0 Å². The van der Waals surface area contributed by atoms with Gasteiger partial charge in [0.15, 0.2) is 11.5 Å². The Hall–Kier alpha value is -1.75. The van der Waals surface area contributed by atoms with E-state index in [0.717, 1.165) is 63.0 Å². The summed E-state index contributed by atoms with van der Waals surface area (Å²) in [4.78, 5) is 16.9. The molecule has 2 fully saturated rings. The van der Waals surface area contributed by atoms with Crippen molar-refractivity contribution >= 4 is 5.91 Å². The van der Waals surface area contributed by atoms with Crippen LogP contribution < -0.4 is 9.47 Å². The lowest BCUT2D eigenvalue weighted by Gasteiger charge is -2.35. The van der Waals surface area contributed by atoms with E-state index in [9.17, 15) is 4.79 Å². The van der Waals surface area contributed by atoms with Crippen molar-refractivity contribution in [3.63, 3.8) is 0 Å². The van der Waals surface area contributed by atoms with E-state index in [1.807, 2.05) is 6.07 Å². The summed E-state index contributed by atoms with van der Waals surface area (Å²) in [5.74, 6) is 2.84. The Morgan fingerprint density at radius 3 is 2.60 bits per heavy atom. The van der Waals surface area contributed by atoms with Crippen molar-refractivity contribution in [3.8, 4) is 11.5 Å². The van der Waals surface area contributed by atoms with Gasteiger partial charge in [-0.2, -0.15) is 0 Å². The number of fused-ring (bicyclic) bond motifs is 1. The summed E-state index contributed by atoms with van der Waals surface area (Å²) in [5.41, 5.74) is 1.24. The molecular formula is C20H28N2O3. The SMILES string of the molecule is O=C(CCC1CCCC1)N1CCN(Cc2ccc3c(c2)OCO3)CC1. The van der Waals surface area contributed by atoms with Crippen molar-refractivity contribution in [1.82, 2.24) is 9.80 Å². The first kappa shape index (κ1) is 16.7. The van der Waals surface area contributed by atoms with Crippen molar-refractivity contribution in [2.24, 2.45) is 5.92 Å². The van der Waals surface area contributed by atoms with Crippen LogP contribution >= 0.6 is 0 Å². The Balaban J connectivity index is 1.22. The minimum Gasteiger partial charge on any atom is -0.454 e. The highest BCUT2D eigenvalue weighted by Crippen LogP contribution is 2.33. The van der Waals surface area contributed by atoms with Gasteiger partial charge >= 0.3 is 0 Å². The fraction of sp³-hybridized carbons (Fsp3) is 0.650. The summed E-state index contributed by atoms with van der Waals surface area (Å²) in [5, 5.41) is 0. The summed E-state index contributed by atoms with van der Waals surface area (Å²) < 4.78 is 10.8. The Kier molecular flexibility index (Phi) is 5.11. The van der Waals surface area contributed by atoms with E-state index in [-0.39, 0.29) is 0 Å². The Labute approximate surface area is 149 Å². The number of amides is 1. The molecule has 2 heterocycles. The molecule has 0 radical (unpaired) electrons. The van der Waals surface area contributed by atoms with Crippen LogP contribution in [0.5, 0.6) is 11.5 Å². The summed E-state index contributed by atoms with van der Waals surface area (Å²) in [6.45, 7) is 4.83. The highest BCUT2D eigenvalue weighted by atomic mass is 16.7. The molecule has 1 saturated carbocycles. The van der Waals surface area contributed by atoms with Crippen molar-refractivity contribution in [3.05, 3.63) is 23.8 Å². The van der Waals surface area contributed by atoms with Gasteiger partial charge in [-0.15, -0.1) is 0 Å². The molecule has 0 atom stereocenters. The Morgan fingerprint density at radius 2 is 1.80 bits per heavy atom. The molecule has 1 aromatic carbocycles. The van der Waals surface area contributed by atoms with Crippen LogP contribution in [-0.4, -0.2) is 48.7 Å². The predicted molar refractivity (Wildman–Crippen MR) is 95.6 cm³/mol. The number of rotatable bonds is 5. The highest BCUT2D eigenvalue weighted by Gasteiger charge is 2.23. The molecule has 4 rings (SSSR count). The van der Waals surface area contributed by atoms with Gasteiger partial charge in [0.05, 0.1) is 0 Å². The van der Waals surface area contributed by atoms with Crippen molar-refractivity contribution in [2.45, 2.75) is 45.1 Å². The van der Waals surface area contributed by atoms with Crippen LogP contribution in [0.4, 0.5) is 0 Å². The number of benzene rings is 1. The average molecular weight is 344 g/mol. The Bertz CT molecular complexity index is 605. The standard InChI is InChI=1S/C20H28N2O3/c23-20(8-6-16-3-1-2-4-16)22-11-9-21(10-12-22)14-17-5-7-18-19(13-17)25-15-24-18/h5,7,13,16H,1-4,6,8-12,14-15H2. The lowest BCUT2D eigenvalue weighted by molar-refractivity contribution is -0.133. The summed E-state index contributed by atoms with van der Waals surface area (Å²) in [6.07, 6.45) is 7.21. The molecule has 136 valence electrons. The predicted octanol–water partition coefficient (Wildman–Crippen LogP) is 3.03. The summed E-state index contributed by atoms with van der Waals surface area (Å²) in [6, 6.07) is 6.16. The van der Waals surface area contributed by atoms with Crippen molar-refractivity contribution in [2.75, 3.05) is 33.0 Å². The van der Waals surface area contributed by atoms with Crippen LogP contribution in [0.1, 0.15) is 44.1 Å². The molecule has 1 saturated heterocycles. The average Bonchev–Trinajstić information content (AvgIpc) is 3.31. The van der Waals surface area contributed by atoms with Gasteiger partial charge in [-0.3, -0.25) is 9.69 Å². The third-order valence-electron chi connectivity index (χ3n) is 5.81. The largest absolute Gasteiger partial charge is 0.454 e. The molecule has 0 bridgehead atoms. The van der Waals surface area contributed by atoms with E-state index in [0.29, 0.717) is 12.7 Å². The zero-order valence-electron chi connectivity index (χ0n) is 14.9. The number of carbonyl (C=O) groups excluding carboxylic acids is 1. The second-order valence-electron chi connectivity index (χ2n) is 7.53. The first-order valence-electron chi connectivity index (χ1n) is 9.66. The van der Waals surface area contributed by atoms with E-state index < -0.39 is 0 Å². The van der Waals surface area contributed by atoms with E-state index in [4.69, 9.17) is 9.47 Å². The smallest absolute Gasteiger partial charge is 0.231 e. The molecule has 2 aliphatic heterocycles. The zero-order chi connectivity index (χ0) is 17.1. The minimum atomic E-state index is 0.320. The molecule has 5 nitrogen and oxygen atoms in total. The molecule has 25 heavy (non-hydrogen) atoms. The maximum absolute atomic E-state index is 12.4. The minimum absolute atomic E-state index is 0.320. The van der Waals surface area contributed by atoms with Gasteiger partial charge in [0, 0.05) is 39.1 Å². The molecule has 1 aromatic rings. The third-order valence-corrected chi connectivity index (χ3v) is 5.81. The van der Waals surface area contributed by atoms with Gasteiger partial charge in [-0.1, -0.05) is 31.7 Å². The van der Waals surface area contributed by atoms with Gasteiger partial charge in [0.25, 0.3) is 0 Å². The molecule has 1 aliphatic carbocycles. The fourth-order valence-electron chi connectivity index (χ4n) is 4.24. The van der Waals surface area contributed by atoms with Gasteiger partial charge in [-0.05, 0) is 30.0 Å². The van der Waals surface area contributed by atoms with Crippen LogP contribution in [0.15, 0.2) is 18.2 Å². The fourth-order valence-corrected chi connectivity index (χ4v) is 4.24. The third kappa shape index (κ3) is 4.09. The van der Waals surface area contributed by atoms with E-state index in [2.05, 4.69) is 21.9 Å². The number of hydrogen-bond acceptors (Lipinski definition) is 4. The second-order valence-corrected chi connectivity index (χ2v) is 7.53. The molecule has 0 unspecified atom stereocenters. The lowest BCUT2D eigenvalue weighted by Crippen LogP contribution is -2.48. The van der Waals surface area contributed by atoms with Gasteiger partial charge in [-0.25, -0.2) is 0 Å². The Morgan fingerprint density at radius 1 is 1.04 bits per heavy atom. The van der Waals surface area contributed by atoms with Gasteiger partial charge in [0.1, 0.15) is 0 Å². The highest BCUT2D eigenvalue weighted by molar-refractivity contribution is 5.76. The maximum atomic E-state index is 12.4. The number of ether oxygens (including phenoxy) is 2. The normalized spacial score (nSPS) is 21.0. The van der Waals surface area contributed by atoms with Crippen LogP contribution in [0.25, 0.3) is 0 Å². The maximum Gasteiger partial charge on any atom is 0.231 e. The van der Waals surface area contributed by atoms with Gasteiger partial charge < -0.3 is 14.4 Å².